The van der Waals surface area contributed by atoms with Gasteiger partial charge in [0, 0.05) is 21.9 Å². The second-order valence-corrected chi connectivity index (χ2v) is 5.53. The lowest BCUT2D eigenvalue weighted by Gasteiger charge is -2.21. The van der Waals surface area contributed by atoms with Gasteiger partial charge in [-0.2, -0.15) is 0 Å². The van der Waals surface area contributed by atoms with Crippen molar-refractivity contribution in [2.45, 2.75) is 18.9 Å². The van der Waals surface area contributed by atoms with Gasteiger partial charge in [-0.05, 0) is 12.5 Å². The van der Waals surface area contributed by atoms with Crippen molar-refractivity contribution in [3.8, 4) is 0 Å². The molecule has 20 heavy (non-hydrogen) atoms. The third-order valence-corrected chi connectivity index (χ3v) is 4.23. The molecule has 1 aliphatic heterocycles. The van der Waals surface area contributed by atoms with E-state index >= 15 is 0 Å². The molecule has 3 amide bonds. The fourth-order valence-corrected chi connectivity index (χ4v) is 3.16. The van der Waals surface area contributed by atoms with Crippen molar-refractivity contribution < 1.29 is 14.4 Å². The minimum absolute atomic E-state index is 0.251. The third kappa shape index (κ3) is 2.30. The average molecular weight is 288 g/mol. The van der Waals surface area contributed by atoms with E-state index in [2.05, 4.69) is 10.6 Å². The number of benzene rings is 1. The molecule has 0 unspecified atom stereocenters. The Morgan fingerprint density at radius 2 is 2.10 bits per heavy atom. The number of fused-ring (bicyclic) bond motifs is 1. The Morgan fingerprint density at radius 1 is 1.30 bits per heavy atom. The van der Waals surface area contributed by atoms with Crippen LogP contribution in [-0.2, 0) is 9.59 Å². The van der Waals surface area contributed by atoms with E-state index in [9.17, 15) is 14.4 Å². The molecule has 6 heteroatoms. The summed E-state index contributed by atoms with van der Waals surface area (Å²) in [7, 11) is 0. The Hall–Kier alpha value is -2.21. The van der Waals surface area contributed by atoms with Crippen molar-refractivity contribution >= 4 is 39.1 Å². The molecule has 1 aromatic heterocycles. The number of piperidine rings is 1. The summed E-state index contributed by atoms with van der Waals surface area (Å²) in [5.74, 6) is -1.01. The number of thiophene rings is 1. The fourth-order valence-electron chi connectivity index (χ4n) is 2.22. The normalized spacial score (nSPS) is 18.9. The molecule has 0 spiro atoms. The highest BCUT2D eigenvalue weighted by Gasteiger charge is 2.28. The van der Waals surface area contributed by atoms with Crippen molar-refractivity contribution in [2.24, 2.45) is 0 Å². The lowest BCUT2D eigenvalue weighted by Crippen LogP contribution is -2.52. The molecule has 1 fully saturated rings. The Balaban J connectivity index is 1.80. The number of imide groups is 1. The van der Waals surface area contributed by atoms with Gasteiger partial charge in [-0.1, -0.05) is 18.2 Å². The molecular formula is C14H12N2O3S. The zero-order valence-electron chi connectivity index (χ0n) is 10.5. The Labute approximate surface area is 119 Å². The van der Waals surface area contributed by atoms with Crippen LogP contribution in [-0.4, -0.2) is 23.8 Å². The Kier molecular flexibility index (Phi) is 3.23. The summed E-state index contributed by atoms with van der Waals surface area (Å²) in [6.45, 7) is 0. The van der Waals surface area contributed by atoms with Gasteiger partial charge < -0.3 is 5.32 Å². The predicted octanol–water partition coefficient (Wildman–Crippen LogP) is 1.44. The quantitative estimate of drug-likeness (QED) is 0.821. The van der Waals surface area contributed by atoms with Gasteiger partial charge in [-0.3, -0.25) is 19.7 Å². The third-order valence-electron chi connectivity index (χ3n) is 3.27. The topological polar surface area (TPSA) is 75.3 Å². The van der Waals surface area contributed by atoms with Crippen molar-refractivity contribution in [3.63, 3.8) is 0 Å². The molecule has 102 valence electrons. The van der Waals surface area contributed by atoms with Crippen LogP contribution >= 0.6 is 11.3 Å². The first kappa shape index (κ1) is 12.8. The van der Waals surface area contributed by atoms with E-state index in [1.165, 1.54) is 11.3 Å². The van der Waals surface area contributed by atoms with Crippen LogP contribution in [0.15, 0.2) is 29.6 Å². The second-order valence-electron chi connectivity index (χ2n) is 4.62. The molecular weight excluding hydrogens is 276 g/mol. The maximum absolute atomic E-state index is 12.2. The number of rotatable bonds is 2. The van der Waals surface area contributed by atoms with E-state index in [1.807, 2.05) is 24.3 Å². The monoisotopic (exact) mass is 288 g/mol. The van der Waals surface area contributed by atoms with Gasteiger partial charge in [0.15, 0.2) is 0 Å². The molecule has 1 saturated heterocycles. The summed E-state index contributed by atoms with van der Waals surface area (Å²) in [5.41, 5.74) is 0.565. The molecule has 2 heterocycles. The molecule has 1 atom stereocenters. The van der Waals surface area contributed by atoms with E-state index in [0.717, 1.165) is 10.1 Å². The number of amides is 3. The maximum Gasteiger partial charge on any atom is 0.253 e. The first-order valence-electron chi connectivity index (χ1n) is 6.26. The Bertz CT molecular complexity index is 707. The van der Waals surface area contributed by atoms with E-state index in [1.54, 1.807) is 5.38 Å². The molecule has 0 radical (unpaired) electrons. The fraction of sp³-hybridized carbons (Fsp3) is 0.214. The lowest BCUT2D eigenvalue weighted by atomic mass is 10.1. The van der Waals surface area contributed by atoms with Crippen molar-refractivity contribution in [3.05, 3.63) is 35.2 Å². The first-order chi connectivity index (χ1) is 9.65. The van der Waals surface area contributed by atoms with Crippen molar-refractivity contribution in [1.82, 2.24) is 10.6 Å². The summed E-state index contributed by atoms with van der Waals surface area (Å²) in [5, 5.41) is 7.58. The highest BCUT2D eigenvalue weighted by molar-refractivity contribution is 7.17. The van der Waals surface area contributed by atoms with Crippen LogP contribution in [0, 0.1) is 0 Å². The molecule has 0 bridgehead atoms. The van der Waals surface area contributed by atoms with E-state index in [-0.39, 0.29) is 18.2 Å². The average Bonchev–Trinajstić information content (AvgIpc) is 2.86. The highest BCUT2D eigenvalue weighted by Crippen LogP contribution is 2.25. The van der Waals surface area contributed by atoms with Gasteiger partial charge in [0.25, 0.3) is 5.91 Å². The van der Waals surface area contributed by atoms with E-state index < -0.39 is 11.9 Å². The molecule has 1 aromatic carbocycles. The number of carbonyl (C=O) groups is 3. The summed E-state index contributed by atoms with van der Waals surface area (Å²) < 4.78 is 1.03. The zero-order chi connectivity index (χ0) is 14.1. The standard InChI is InChI=1S/C14H12N2O3S/c17-12-6-5-10(14(19)16-12)15-13(18)9-7-20-11-4-2-1-3-8(9)11/h1-4,7,10H,5-6H2,(H,15,18)(H,16,17,19)/t10-/m0/s1. The van der Waals surface area contributed by atoms with Gasteiger partial charge >= 0.3 is 0 Å². The van der Waals surface area contributed by atoms with Crippen LogP contribution in [0.4, 0.5) is 0 Å². The second kappa shape index (κ2) is 5.05. The van der Waals surface area contributed by atoms with Crippen LogP contribution in [0.25, 0.3) is 10.1 Å². The SMILES string of the molecule is O=C1CC[C@H](NC(=O)c2csc3ccccc23)C(=O)N1. The molecule has 0 aliphatic carbocycles. The maximum atomic E-state index is 12.2. The number of nitrogens with one attached hydrogen (secondary N) is 2. The van der Waals surface area contributed by atoms with E-state index in [4.69, 9.17) is 0 Å². The first-order valence-corrected chi connectivity index (χ1v) is 7.14. The van der Waals surface area contributed by atoms with Crippen molar-refractivity contribution in [2.75, 3.05) is 0 Å². The highest BCUT2D eigenvalue weighted by atomic mass is 32.1. The molecule has 2 N–H and O–H groups in total. The van der Waals surface area contributed by atoms with Gasteiger partial charge in [0.2, 0.25) is 11.8 Å². The van der Waals surface area contributed by atoms with Crippen molar-refractivity contribution in [1.29, 1.82) is 0 Å². The summed E-state index contributed by atoms with van der Waals surface area (Å²) in [6, 6.07) is 6.98. The van der Waals surface area contributed by atoms with Gasteiger partial charge in [0.05, 0.1) is 5.56 Å². The van der Waals surface area contributed by atoms with E-state index in [0.29, 0.717) is 12.0 Å². The lowest BCUT2D eigenvalue weighted by molar-refractivity contribution is -0.134. The molecule has 0 saturated carbocycles. The smallest absolute Gasteiger partial charge is 0.253 e. The molecule has 3 rings (SSSR count). The Morgan fingerprint density at radius 3 is 2.90 bits per heavy atom. The van der Waals surface area contributed by atoms with Gasteiger partial charge in [-0.15, -0.1) is 11.3 Å². The molecule has 1 aliphatic rings. The predicted molar refractivity (Wildman–Crippen MR) is 75.5 cm³/mol. The van der Waals surface area contributed by atoms with Crippen LogP contribution in [0.1, 0.15) is 23.2 Å². The largest absolute Gasteiger partial charge is 0.340 e. The summed E-state index contributed by atoms with van der Waals surface area (Å²) >= 11 is 1.49. The minimum Gasteiger partial charge on any atom is -0.340 e. The minimum atomic E-state index is -0.640. The summed E-state index contributed by atoms with van der Waals surface area (Å²) in [6.07, 6.45) is 0.597. The van der Waals surface area contributed by atoms with Crippen LogP contribution in [0.3, 0.4) is 0 Å². The number of hydrogen-bond donors (Lipinski definition) is 2. The molecule has 2 aromatic rings. The van der Waals surface area contributed by atoms with Gasteiger partial charge in [0.1, 0.15) is 6.04 Å². The van der Waals surface area contributed by atoms with Crippen LogP contribution in [0.2, 0.25) is 0 Å². The number of hydrogen-bond acceptors (Lipinski definition) is 4. The van der Waals surface area contributed by atoms with Crippen LogP contribution in [0.5, 0.6) is 0 Å². The zero-order valence-corrected chi connectivity index (χ0v) is 11.3. The molecule has 5 nitrogen and oxygen atoms in total. The number of carbonyl (C=O) groups excluding carboxylic acids is 3. The summed E-state index contributed by atoms with van der Waals surface area (Å²) in [4.78, 5) is 34.9. The van der Waals surface area contributed by atoms with Gasteiger partial charge in [-0.25, -0.2) is 0 Å². The van der Waals surface area contributed by atoms with Crippen LogP contribution < -0.4 is 10.6 Å².